The first kappa shape index (κ1) is 36.9. The van der Waals surface area contributed by atoms with Crippen molar-refractivity contribution in [3.05, 3.63) is 47.0 Å². The molecule has 0 aromatic carbocycles. The van der Waals surface area contributed by atoms with Crippen LogP contribution in [0.3, 0.4) is 0 Å². The highest BCUT2D eigenvalue weighted by Gasteiger charge is 2.28. The molecular weight excluding hydrogens is 580 g/mol. The fraction of sp³-hybridized carbons (Fsp3) is 0.517. The lowest BCUT2D eigenvalue weighted by molar-refractivity contribution is -0.145. The number of aliphatic hydroxyl groups excluding tert-OH is 1. The van der Waals surface area contributed by atoms with E-state index in [9.17, 15) is 24.3 Å². The molecule has 0 spiro atoms. The molecule has 42 heavy (non-hydrogen) atoms. The smallest absolute Gasteiger partial charge is 0.331 e. The summed E-state index contributed by atoms with van der Waals surface area (Å²) in [4.78, 5) is 58.2. The van der Waals surface area contributed by atoms with Gasteiger partial charge in [-0.2, -0.15) is 0 Å². The van der Waals surface area contributed by atoms with Crippen LogP contribution in [0.15, 0.2) is 34.1 Å². The molecule has 0 fully saturated rings. The van der Waals surface area contributed by atoms with E-state index in [-0.39, 0.29) is 17.5 Å². The van der Waals surface area contributed by atoms with Crippen molar-refractivity contribution in [1.82, 2.24) is 20.6 Å². The first-order valence-corrected chi connectivity index (χ1v) is 15.9. The molecule has 2 heterocycles. The summed E-state index contributed by atoms with van der Waals surface area (Å²) in [5.41, 5.74) is 2.19. The predicted molar refractivity (Wildman–Crippen MR) is 164 cm³/mol. The first-order chi connectivity index (χ1) is 19.8. The van der Waals surface area contributed by atoms with Crippen molar-refractivity contribution in [1.29, 1.82) is 0 Å². The van der Waals surface area contributed by atoms with E-state index in [0.29, 0.717) is 12.1 Å². The van der Waals surface area contributed by atoms with Gasteiger partial charge >= 0.3 is 11.9 Å². The molecule has 0 aliphatic carbocycles. The molecule has 0 radical (unpaired) electrons. The molecule has 0 aliphatic heterocycles. The number of aliphatic hydroxyl groups is 1. The Labute approximate surface area is 256 Å². The largest absolute Gasteiger partial charge is 0.467 e. The van der Waals surface area contributed by atoms with E-state index < -0.39 is 36.0 Å². The molecule has 11 nitrogen and oxygen atoms in total. The number of nitrogens with one attached hydrogen (secondary N) is 2. The summed E-state index contributed by atoms with van der Waals surface area (Å²) < 4.78 is 9.28. The number of aromatic nitrogens is 2. The number of aryl methyl sites for hydroxylation is 2. The molecule has 2 aromatic heterocycles. The Bertz CT molecular complexity index is 1090. The highest BCUT2D eigenvalue weighted by molar-refractivity contribution is 7.98. The van der Waals surface area contributed by atoms with E-state index >= 15 is 0 Å². The predicted octanol–water partition coefficient (Wildman–Crippen LogP) is 3.31. The van der Waals surface area contributed by atoms with Crippen LogP contribution in [0.25, 0.3) is 0 Å². The maximum absolute atomic E-state index is 12.3. The average Bonchev–Trinajstić information content (AvgIpc) is 3.00. The van der Waals surface area contributed by atoms with Gasteiger partial charge in [-0.1, -0.05) is 27.7 Å². The Morgan fingerprint density at radius 1 is 0.762 bits per heavy atom. The number of pyridine rings is 2. The zero-order chi connectivity index (χ0) is 32.0. The number of thioether (sulfide) groups is 2. The maximum atomic E-state index is 12.3. The monoisotopic (exact) mass is 622 g/mol. The van der Waals surface area contributed by atoms with Crippen LogP contribution in [-0.2, 0) is 31.9 Å². The molecule has 2 amide bonds. The van der Waals surface area contributed by atoms with E-state index in [4.69, 9.17) is 4.74 Å². The SMILES string of the molecule is CCc1cc(SC)cc(C(=O)NC(C(=O)OC)C(C)C)n1.CCc1cc(SC)cc(C(=O)NC(C(=O)OC)C(C)O)n1. The lowest BCUT2D eigenvalue weighted by Crippen LogP contribution is -2.48. The van der Waals surface area contributed by atoms with Crippen molar-refractivity contribution < 1.29 is 33.8 Å². The van der Waals surface area contributed by atoms with Crippen molar-refractivity contribution in [2.45, 2.75) is 75.4 Å². The number of carbonyl (C=O) groups excluding carboxylic acids is 4. The van der Waals surface area contributed by atoms with E-state index in [1.807, 2.05) is 52.3 Å². The van der Waals surface area contributed by atoms with Crippen LogP contribution < -0.4 is 10.6 Å². The third-order valence-electron chi connectivity index (χ3n) is 6.00. The van der Waals surface area contributed by atoms with Crippen molar-refractivity contribution in [2.75, 3.05) is 26.7 Å². The fourth-order valence-electron chi connectivity index (χ4n) is 3.51. The second-order valence-corrected chi connectivity index (χ2v) is 11.2. The summed E-state index contributed by atoms with van der Waals surface area (Å²) >= 11 is 3.06. The molecule has 13 heteroatoms. The van der Waals surface area contributed by atoms with Crippen LogP contribution in [-0.4, -0.2) is 83.7 Å². The molecule has 2 rings (SSSR count). The Morgan fingerprint density at radius 3 is 1.45 bits per heavy atom. The quantitative estimate of drug-likeness (QED) is 0.236. The second kappa shape index (κ2) is 18.4. The van der Waals surface area contributed by atoms with Crippen LogP contribution in [0.1, 0.15) is 67.0 Å². The van der Waals surface area contributed by atoms with E-state index in [1.165, 1.54) is 32.9 Å². The van der Waals surface area contributed by atoms with Crippen LogP contribution in [0.2, 0.25) is 0 Å². The molecule has 232 valence electrons. The Morgan fingerprint density at radius 2 is 1.14 bits per heavy atom. The van der Waals surface area contributed by atoms with Gasteiger partial charge in [0.25, 0.3) is 11.8 Å². The van der Waals surface area contributed by atoms with Crippen molar-refractivity contribution in [2.24, 2.45) is 5.92 Å². The number of ether oxygens (including phenoxy) is 2. The van der Waals surface area contributed by atoms with Gasteiger partial charge in [0, 0.05) is 21.2 Å². The molecule has 0 saturated carbocycles. The van der Waals surface area contributed by atoms with Gasteiger partial charge in [0.15, 0.2) is 6.04 Å². The average molecular weight is 623 g/mol. The standard InChI is InChI=1S/C15H22N2O3S.C14H20N2O4S/c1-6-10-7-11(21-5)8-12(16-10)14(18)17-13(9(2)3)15(19)20-4;1-5-9-6-10(21-4)7-11(15-9)13(18)16-12(8(2)17)14(19)20-3/h7-9,13H,6H2,1-5H3,(H,17,18);6-8,12,17H,5H2,1-4H3,(H,16,18). The Hall–Kier alpha value is -3.16. The summed E-state index contributed by atoms with van der Waals surface area (Å²) in [5, 5.41) is 14.7. The zero-order valence-corrected chi connectivity index (χ0v) is 27.3. The van der Waals surface area contributed by atoms with Gasteiger partial charge in [-0.3, -0.25) is 9.59 Å². The normalized spacial score (nSPS) is 12.7. The van der Waals surface area contributed by atoms with Gasteiger partial charge in [-0.15, -0.1) is 23.5 Å². The molecule has 2 aromatic rings. The van der Waals surface area contributed by atoms with Crippen molar-refractivity contribution in [3.63, 3.8) is 0 Å². The minimum absolute atomic E-state index is 0.0595. The van der Waals surface area contributed by atoms with Crippen LogP contribution in [0, 0.1) is 5.92 Å². The molecular formula is C29H42N4O7S2. The van der Waals surface area contributed by atoms with Crippen molar-refractivity contribution in [3.8, 4) is 0 Å². The van der Waals surface area contributed by atoms with Crippen LogP contribution in [0.5, 0.6) is 0 Å². The van der Waals surface area contributed by atoms with Gasteiger partial charge in [-0.25, -0.2) is 19.6 Å². The highest BCUT2D eigenvalue weighted by atomic mass is 32.2. The Balaban J connectivity index is 0.000000420. The van der Waals surface area contributed by atoms with Gasteiger partial charge in [0.2, 0.25) is 0 Å². The second-order valence-electron chi connectivity index (χ2n) is 9.41. The number of hydrogen-bond acceptors (Lipinski definition) is 11. The number of hydrogen-bond donors (Lipinski definition) is 3. The molecule has 0 saturated heterocycles. The van der Waals surface area contributed by atoms with Gasteiger partial charge < -0.3 is 25.2 Å². The Kier molecular flexibility index (Phi) is 16.1. The summed E-state index contributed by atoms with van der Waals surface area (Å²) in [6.07, 6.45) is 4.24. The van der Waals surface area contributed by atoms with E-state index in [1.54, 1.807) is 23.9 Å². The molecule has 3 N–H and O–H groups in total. The van der Waals surface area contributed by atoms with E-state index in [2.05, 4.69) is 25.3 Å². The minimum Gasteiger partial charge on any atom is -0.467 e. The summed E-state index contributed by atoms with van der Waals surface area (Å²) in [5.74, 6) is -2.08. The third kappa shape index (κ3) is 11.3. The fourth-order valence-corrected chi connectivity index (χ4v) is 4.48. The molecule has 0 aliphatic rings. The van der Waals surface area contributed by atoms with Crippen LogP contribution in [0.4, 0.5) is 0 Å². The van der Waals surface area contributed by atoms with E-state index in [0.717, 1.165) is 27.6 Å². The topological polar surface area (TPSA) is 157 Å². The highest BCUT2D eigenvalue weighted by Crippen LogP contribution is 2.19. The summed E-state index contributed by atoms with van der Waals surface area (Å²) in [7, 11) is 2.51. The number of amides is 2. The van der Waals surface area contributed by atoms with Crippen molar-refractivity contribution >= 4 is 47.3 Å². The van der Waals surface area contributed by atoms with Gasteiger partial charge in [0.1, 0.15) is 17.4 Å². The lowest BCUT2D eigenvalue weighted by atomic mass is 10.0. The zero-order valence-electron chi connectivity index (χ0n) is 25.6. The molecule has 0 bridgehead atoms. The summed E-state index contributed by atoms with van der Waals surface area (Å²) in [6, 6.07) is 5.46. The van der Waals surface area contributed by atoms with Crippen LogP contribution >= 0.6 is 23.5 Å². The summed E-state index contributed by atoms with van der Waals surface area (Å²) in [6.45, 7) is 9.04. The third-order valence-corrected chi connectivity index (χ3v) is 7.41. The number of carbonyl (C=O) groups is 4. The number of rotatable bonds is 12. The molecule has 3 unspecified atom stereocenters. The first-order valence-electron chi connectivity index (χ1n) is 13.4. The number of esters is 2. The number of methoxy groups -OCH3 is 2. The number of nitrogens with zero attached hydrogens (tertiary/aromatic N) is 2. The lowest BCUT2D eigenvalue weighted by Gasteiger charge is -2.19. The molecule has 3 atom stereocenters. The van der Waals surface area contributed by atoms with Gasteiger partial charge in [0.05, 0.1) is 20.3 Å². The maximum Gasteiger partial charge on any atom is 0.331 e. The van der Waals surface area contributed by atoms with Gasteiger partial charge in [-0.05, 0) is 62.5 Å². The minimum atomic E-state index is -1.12.